The van der Waals surface area contributed by atoms with Gasteiger partial charge in [0.2, 0.25) is 0 Å². The van der Waals surface area contributed by atoms with Crippen molar-refractivity contribution in [2.45, 2.75) is 0 Å². The van der Waals surface area contributed by atoms with E-state index in [4.69, 9.17) is 9.79 Å². The Balaban J connectivity index is 3.45. The van der Waals surface area contributed by atoms with Crippen molar-refractivity contribution in [3.8, 4) is 0 Å². The molecule has 3 nitrogen and oxygen atoms in total. The number of rotatable bonds is 1. The van der Waals surface area contributed by atoms with E-state index in [1.807, 2.05) is 13.3 Å². The fraction of sp³-hybridized carbons (Fsp3) is 1.00. The minimum atomic E-state index is -2.28. The van der Waals surface area contributed by atoms with Crippen molar-refractivity contribution in [3.63, 3.8) is 0 Å². The summed E-state index contributed by atoms with van der Waals surface area (Å²) in [6.07, 6.45) is 0. The first-order valence-electron chi connectivity index (χ1n) is 1.77. The van der Waals surface area contributed by atoms with Gasteiger partial charge in [0.1, 0.15) is 0 Å². The smallest absolute Gasteiger partial charge is 0.197 e. The van der Waals surface area contributed by atoms with Crippen molar-refractivity contribution in [2.75, 3.05) is 13.3 Å². The summed E-state index contributed by atoms with van der Waals surface area (Å²) < 4.78 is 3.56. The second-order valence-corrected chi connectivity index (χ2v) is 4.34. The normalized spacial score (nSPS) is 10.6. The highest BCUT2D eigenvalue weighted by Gasteiger charge is 1.83. The Labute approximate surface area is 44.8 Å². The van der Waals surface area contributed by atoms with Gasteiger partial charge in [-0.2, -0.15) is 0 Å². The van der Waals surface area contributed by atoms with Gasteiger partial charge in [0.25, 0.3) is 0 Å². The summed E-state index contributed by atoms with van der Waals surface area (Å²) in [5, 5.41) is 0. The van der Waals surface area contributed by atoms with Crippen molar-refractivity contribution in [3.05, 3.63) is 0 Å². The van der Waals surface area contributed by atoms with E-state index in [-0.39, 0.29) is 0 Å². The molecule has 0 aliphatic rings. The predicted octanol–water partition coefficient (Wildman–Crippen LogP) is 0.855. The van der Waals surface area contributed by atoms with Gasteiger partial charge in [0.15, 0.2) is 8.17 Å². The monoisotopic (exact) mass is 141 g/mol. The minimum Gasteiger partial charge on any atom is -0.342 e. The highest BCUT2D eigenvalue weighted by atomic mass is 31.2. The second-order valence-electron chi connectivity index (χ2n) is 1.25. The molecular weight excluding hydrogens is 132 g/mol. The lowest BCUT2D eigenvalue weighted by Gasteiger charge is -1.93. The highest BCUT2D eigenvalue weighted by molar-refractivity contribution is 7.59. The molecule has 0 amide bonds. The van der Waals surface area contributed by atoms with Gasteiger partial charge in [-0.3, -0.25) is 0 Å². The maximum atomic E-state index is 8.23. The fourth-order valence-electron chi connectivity index (χ4n) is 0.179. The van der Waals surface area contributed by atoms with Gasteiger partial charge in [-0.15, -0.1) is 0 Å². The minimum absolute atomic E-state index is 0.470. The first-order chi connectivity index (χ1) is 3.13. The summed E-state index contributed by atoms with van der Waals surface area (Å²) in [5.41, 5.74) is 0. The Kier molecular flexibility index (Phi) is 3.86. The molecule has 0 spiro atoms. The lowest BCUT2D eigenvalue weighted by molar-refractivity contribution is 0.499. The fourth-order valence-corrected chi connectivity index (χ4v) is 1.61. The van der Waals surface area contributed by atoms with E-state index in [2.05, 4.69) is 4.52 Å². The first kappa shape index (κ1) is 7.58. The Morgan fingerprint density at radius 3 is 1.86 bits per heavy atom. The van der Waals surface area contributed by atoms with E-state index in [9.17, 15) is 0 Å². The van der Waals surface area contributed by atoms with Gasteiger partial charge in [-0.05, 0) is 13.3 Å². The van der Waals surface area contributed by atoms with Crippen LogP contribution in [0, 0.1) is 0 Å². The zero-order valence-electron chi connectivity index (χ0n) is 4.29. The Hall–Kier alpha value is 0.580. The molecule has 0 aromatic rings. The third-order valence-corrected chi connectivity index (χ3v) is 2.60. The summed E-state index contributed by atoms with van der Waals surface area (Å²) in [5.74, 6) is 0. The number of nitrogens with zero attached hydrogens (tertiary/aromatic N) is 1. The van der Waals surface area contributed by atoms with E-state index in [0.29, 0.717) is 0 Å². The number of hydrogen-bond donors (Lipinski definition) is 2. The number of hydrogen-bond acceptors (Lipinski definition) is 1. The van der Waals surface area contributed by atoms with Crippen LogP contribution in [-0.2, 0) is 0 Å². The van der Waals surface area contributed by atoms with Crippen LogP contribution in [0.2, 0.25) is 0 Å². The van der Waals surface area contributed by atoms with Gasteiger partial charge in [0, 0.05) is 8.07 Å². The molecule has 7 heavy (non-hydrogen) atoms. The van der Waals surface area contributed by atoms with E-state index in [0.717, 1.165) is 0 Å². The maximum Gasteiger partial charge on any atom is 0.197 e. The molecule has 0 aliphatic heterocycles. The Bertz CT molecular complexity index is 77.8. The van der Waals surface area contributed by atoms with Crippen LogP contribution in [0.1, 0.15) is 0 Å². The second kappa shape index (κ2) is 3.57. The molecule has 0 unspecified atom stereocenters. The van der Waals surface area contributed by atoms with Crippen LogP contribution >= 0.6 is 16.2 Å². The average molecular weight is 141 g/mol. The Morgan fingerprint density at radius 2 is 1.86 bits per heavy atom. The molecule has 0 fully saturated rings. The Morgan fingerprint density at radius 1 is 1.43 bits per heavy atom. The largest absolute Gasteiger partial charge is 0.342 e. The van der Waals surface area contributed by atoms with E-state index in [1.54, 1.807) is 0 Å². The average Bonchev–Trinajstić information content (AvgIpc) is 1.27. The molecule has 0 saturated heterocycles. The molecule has 0 atom stereocenters. The third-order valence-electron chi connectivity index (χ3n) is 0.289. The van der Waals surface area contributed by atoms with E-state index in [1.165, 1.54) is 0 Å². The molecule has 0 rings (SSSR count). The molecule has 2 N–H and O–H groups in total. The van der Waals surface area contributed by atoms with Crippen LogP contribution in [0.25, 0.3) is 0 Å². The van der Waals surface area contributed by atoms with Crippen LogP contribution < -0.4 is 0 Å². The van der Waals surface area contributed by atoms with E-state index >= 15 is 0 Å². The van der Waals surface area contributed by atoms with Gasteiger partial charge in [0.05, 0.1) is 0 Å². The summed E-state index contributed by atoms with van der Waals surface area (Å²) in [6, 6.07) is 0. The van der Waals surface area contributed by atoms with Crippen molar-refractivity contribution in [1.29, 1.82) is 0 Å². The first-order valence-corrected chi connectivity index (χ1v) is 5.30. The standard InChI is InChI=1S/C2H9NO2P2/c1-6(2)3-7(4)5/h7H,1-2H3,(H2,3,4,5). The lowest BCUT2D eigenvalue weighted by Crippen LogP contribution is -1.54. The van der Waals surface area contributed by atoms with Crippen LogP contribution in [0.15, 0.2) is 4.52 Å². The predicted molar refractivity (Wildman–Crippen MR) is 33.9 cm³/mol. The highest BCUT2D eigenvalue weighted by Crippen LogP contribution is 2.34. The van der Waals surface area contributed by atoms with Crippen molar-refractivity contribution in [2.24, 2.45) is 4.52 Å². The van der Waals surface area contributed by atoms with Crippen LogP contribution in [0.4, 0.5) is 0 Å². The molecule has 0 aromatic heterocycles. The van der Waals surface area contributed by atoms with Crippen LogP contribution in [-0.4, -0.2) is 23.1 Å². The molecule has 5 heteroatoms. The molecule has 0 radical (unpaired) electrons. The molecule has 0 bridgehead atoms. The third kappa shape index (κ3) is 6.58. The van der Waals surface area contributed by atoms with Crippen molar-refractivity contribution < 1.29 is 9.79 Å². The molecule has 0 aromatic carbocycles. The topological polar surface area (TPSA) is 52.8 Å². The van der Waals surface area contributed by atoms with Gasteiger partial charge >= 0.3 is 0 Å². The van der Waals surface area contributed by atoms with Gasteiger partial charge < -0.3 is 9.79 Å². The van der Waals surface area contributed by atoms with Crippen LogP contribution in [0.5, 0.6) is 0 Å². The molecule has 44 valence electrons. The molecule has 0 heterocycles. The maximum absolute atomic E-state index is 8.23. The summed E-state index contributed by atoms with van der Waals surface area (Å²) >= 11 is 0. The van der Waals surface area contributed by atoms with E-state index < -0.39 is 16.2 Å². The SMILES string of the molecule is CP(C)N=[PH](O)O. The summed E-state index contributed by atoms with van der Waals surface area (Å²) in [7, 11) is -2.75. The molecule has 0 aliphatic carbocycles. The molecular formula is C2H9NO2P2. The summed E-state index contributed by atoms with van der Waals surface area (Å²) in [6.45, 7) is 3.74. The quantitative estimate of drug-likeness (QED) is 0.532. The summed E-state index contributed by atoms with van der Waals surface area (Å²) in [4.78, 5) is 16.5. The zero-order chi connectivity index (χ0) is 5.86. The van der Waals surface area contributed by atoms with Crippen molar-refractivity contribution in [1.82, 2.24) is 0 Å². The lowest BCUT2D eigenvalue weighted by atomic mass is 11.9. The van der Waals surface area contributed by atoms with Crippen LogP contribution in [0.3, 0.4) is 0 Å². The van der Waals surface area contributed by atoms with Gasteiger partial charge in [-0.25, -0.2) is 4.52 Å². The van der Waals surface area contributed by atoms with Crippen molar-refractivity contribution >= 4 is 16.2 Å². The molecule has 0 saturated carbocycles. The van der Waals surface area contributed by atoms with Gasteiger partial charge in [-0.1, -0.05) is 0 Å². The zero-order valence-corrected chi connectivity index (χ0v) is 6.18.